The van der Waals surface area contributed by atoms with Crippen molar-refractivity contribution in [3.8, 4) is 33.4 Å². The fraction of sp³-hybridized carbons (Fsp3) is 0.0357. The first kappa shape index (κ1) is 86.8. The molecule has 1 saturated heterocycles. The van der Waals surface area contributed by atoms with Crippen LogP contribution >= 0.6 is 100 Å². The van der Waals surface area contributed by atoms with Gasteiger partial charge in [0, 0.05) is 158 Å². The minimum atomic E-state index is -1.34. The van der Waals surface area contributed by atoms with Gasteiger partial charge in [0.25, 0.3) is 0 Å². The summed E-state index contributed by atoms with van der Waals surface area (Å²) < 4.78 is 17.6. The fourth-order valence-electron chi connectivity index (χ4n) is 15.6. The van der Waals surface area contributed by atoms with Crippen molar-refractivity contribution in [3.63, 3.8) is 0 Å². The highest BCUT2D eigenvalue weighted by Gasteiger charge is 2.21. The van der Waals surface area contributed by atoms with E-state index in [0.717, 1.165) is 77.7 Å². The zero-order valence-electron chi connectivity index (χ0n) is 68.9. The summed E-state index contributed by atoms with van der Waals surface area (Å²) in [5.74, 6) is 0. The first-order valence-corrected chi connectivity index (χ1v) is 47.4. The highest BCUT2D eigenvalue weighted by Crippen LogP contribution is 2.49. The summed E-state index contributed by atoms with van der Waals surface area (Å²) in [5, 5.41) is 32.3. The van der Waals surface area contributed by atoms with Gasteiger partial charge in [0.15, 0.2) is 0 Å². The van der Waals surface area contributed by atoms with Crippen molar-refractivity contribution in [1.82, 2.24) is 0 Å². The van der Waals surface area contributed by atoms with Gasteiger partial charge in [-0.2, -0.15) is 0 Å². The van der Waals surface area contributed by atoms with E-state index in [9.17, 15) is 0 Å². The van der Waals surface area contributed by atoms with Gasteiger partial charge in [0.1, 0.15) is 0 Å². The van der Waals surface area contributed by atoms with Crippen molar-refractivity contribution in [2.75, 3.05) is 28.3 Å². The summed E-state index contributed by atoms with van der Waals surface area (Å²) in [6, 6.07) is 153. The minimum Gasteiger partial charge on any atom is -0.423 e. The zero-order valence-corrected chi connectivity index (χ0v) is 76.8. The number of rotatable bonds is 12. The Labute approximate surface area is 783 Å². The van der Waals surface area contributed by atoms with Crippen molar-refractivity contribution in [2.45, 2.75) is 12.8 Å². The molecule has 0 radical (unpaired) electrons. The monoisotopic (exact) mass is 1890 g/mol. The van der Waals surface area contributed by atoms with E-state index < -0.39 is 7.12 Å². The molecular formula is C112H84BBr2Cl2N3O3S4. The smallest absolute Gasteiger partial charge is 0.423 e. The molecule has 1 aliphatic rings. The zero-order chi connectivity index (χ0) is 86.6. The molecule has 3 N–H and O–H groups in total. The number of hydrogen-bond donors (Lipinski definition) is 3. The summed E-state index contributed by atoms with van der Waals surface area (Å²) in [5.41, 5.74) is 17.2. The number of halogens is 4. The maximum absolute atomic E-state index is 8.58. The normalized spacial score (nSPS) is 11.4. The fourth-order valence-corrected chi connectivity index (χ4v) is 21.8. The van der Waals surface area contributed by atoms with Crippen LogP contribution in [-0.4, -0.2) is 30.4 Å². The molecule has 0 aliphatic carbocycles. The Kier molecular flexibility index (Phi) is 29.0. The average molecular weight is 1890 g/mol. The van der Waals surface area contributed by atoms with Gasteiger partial charge in [0.05, 0.1) is 0 Å². The van der Waals surface area contributed by atoms with Gasteiger partial charge in [-0.3, -0.25) is 0 Å². The van der Waals surface area contributed by atoms with Crippen LogP contribution in [0.1, 0.15) is 12.8 Å². The van der Waals surface area contributed by atoms with Crippen LogP contribution in [0.25, 0.3) is 114 Å². The predicted octanol–water partition coefficient (Wildman–Crippen LogP) is 34.6. The molecular weight excluding hydrogens is 1810 g/mol. The lowest BCUT2D eigenvalue weighted by Gasteiger charge is -2.26. The van der Waals surface area contributed by atoms with Crippen LogP contribution in [0, 0.1) is 0 Å². The predicted molar refractivity (Wildman–Crippen MR) is 561 cm³/mol. The molecule has 127 heavy (non-hydrogen) atoms. The second kappa shape index (κ2) is 42.3. The largest absolute Gasteiger partial charge is 0.488 e. The van der Waals surface area contributed by atoms with E-state index in [-0.39, 0.29) is 0 Å². The number of nitrogens with zero attached hydrogens (tertiary/aromatic N) is 2. The molecule has 620 valence electrons. The van der Waals surface area contributed by atoms with Gasteiger partial charge in [-0.25, -0.2) is 0 Å². The van der Waals surface area contributed by atoms with Crippen molar-refractivity contribution in [3.05, 3.63) is 462 Å². The standard InChI is InChI=1S/C30H20BrNS.C30H21NS.C18H11ClS.C12H6BrClS.C12H11N.C6H7BO2.C4H8O/c31-27-20-24(32(22-13-6-2-7-14-22)23-15-8-3-9-16-23)19-26-29-25(21-11-4-1-5-12-21)17-10-18-28(29)33-30(26)27;1-4-11-22(12-5-1)26-17-10-18-29-30(26)27-21-25(19-20-28(27)32-29)31(23-13-6-2-7-14-23)24-15-8-3-9-16-24;19-13-9-10-16-15(11-13)18-14(7-4-8-17(18)20-16)12-5-2-1-3-6-12;13-9-2-1-3-11-12(9)8-6-7(14)4-5-10(8)15-11;1-3-7-11(8-4-1)13-12-9-5-2-6-10-12;8-7(9)6-4-2-1-3-5-6;1-2-4-5-3-1/h1-20H;1-21H;1-11H;1-6H;1-10,13H;1-5,8-9H;1-4H2. The van der Waals surface area contributed by atoms with E-state index in [4.69, 9.17) is 38.0 Å². The van der Waals surface area contributed by atoms with Crippen molar-refractivity contribution in [1.29, 1.82) is 0 Å². The molecule has 0 amide bonds. The number of hydrogen-bond acceptors (Lipinski definition) is 10. The Morgan fingerprint density at radius 3 is 0.984 bits per heavy atom. The number of para-hydroxylation sites is 6. The first-order chi connectivity index (χ1) is 62.5. The Bertz CT molecular complexity index is 7230. The molecule has 18 aromatic carbocycles. The SMILES string of the molecule is Brc1cc(N(c2ccccc2)c2ccccc2)cc2c1sc1cccc(-c3ccccc3)c12.C1CCOC1.Clc1ccc2sc3cccc(-c4ccccc4)c3c2c1.Clc1ccc2sc3cccc(Br)c3c2c1.OB(O)c1ccccc1.c1ccc(-c2cccc3sc4ccc(N(c5ccccc5)c5ccccc5)cc4c23)cc1.c1ccc(Nc2ccccc2)cc1. The van der Waals surface area contributed by atoms with E-state index in [0.29, 0.717) is 5.46 Å². The Morgan fingerprint density at radius 1 is 0.276 bits per heavy atom. The molecule has 0 atom stereocenters. The Balaban J connectivity index is 0.000000111. The average Bonchev–Trinajstić information content (AvgIpc) is 1.62. The van der Waals surface area contributed by atoms with Gasteiger partial charge >= 0.3 is 7.12 Å². The third-order valence-corrected chi connectivity index (χ3v) is 28.1. The Hall–Kier alpha value is -12.3. The highest BCUT2D eigenvalue weighted by molar-refractivity contribution is 9.11. The van der Waals surface area contributed by atoms with Crippen LogP contribution in [-0.2, 0) is 4.74 Å². The lowest BCUT2D eigenvalue weighted by Crippen LogP contribution is -2.29. The van der Waals surface area contributed by atoms with Crippen LogP contribution < -0.4 is 20.6 Å². The summed E-state index contributed by atoms with van der Waals surface area (Å²) in [7, 11) is -1.34. The molecule has 23 rings (SSSR count). The molecule has 0 saturated carbocycles. The summed E-state index contributed by atoms with van der Waals surface area (Å²) in [6.45, 7) is 2.00. The maximum Gasteiger partial charge on any atom is 0.488 e. The quantitative estimate of drug-likeness (QED) is 0.106. The summed E-state index contributed by atoms with van der Waals surface area (Å²) in [6.07, 6.45) is 2.56. The highest BCUT2D eigenvalue weighted by atomic mass is 79.9. The topological polar surface area (TPSA) is 68.2 Å². The van der Waals surface area contributed by atoms with Crippen LogP contribution in [0.5, 0.6) is 0 Å². The summed E-state index contributed by atoms with van der Waals surface area (Å²) in [4.78, 5) is 4.65. The van der Waals surface area contributed by atoms with E-state index in [2.05, 4.69) is 375 Å². The number of benzene rings is 18. The molecule has 4 aromatic heterocycles. The number of thiophene rings is 4. The van der Waals surface area contributed by atoms with Crippen LogP contribution in [0.2, 0.25) is 10.0 Å². The molecule has 15 heteroatoms. The molecule has 5 heterocycles. The van der Waals surface area contributed by atoms with Gasteiger partial charge in [0.2, 0.25) is 0 Å². The molecule has 0 bridgehead atoms. The Morgan fingerprint density at radius 2 is 0.598 bits per heavy atom. The molecule has 1 fully saturated rings. The second-order valence-corrected chi connectivity index (χ2v) is 36.8. The maximum atomic E-state index is 8.58. The van der Waals surface area contributed by atoms with Crippen LogP contribution in [0.4, 0.5) is 45.5 Å². The van der Waals surface area contributed by atoms with E-state index in [1.165, 1.54) is 127 Å². The molecule has 1 aliphatic heterocycles. The molecule has 0 spiro atoms. The summed E-state index contributed by atoms with van der Waals surface area (Å²) >= 11 is 27.0. The van der Waals surface area contributed by atoms with Crippen LogP contribution in [0.15, 0.2) is 452 Å². The van der Waals surface area contributed by atoms with E-state index in [1.54, 1.807) is 35.6 Å². The van der Waals surface area contributed by atoms with Crippen molar-refractivity contribution >= 4 is 239 Å². The number of ether oxygens (including phenoxy) is 1. The lowest BCUT2D eigenvalue weighted by atomic mass is 9.81. The lowest BCUT2D eigenvalue weighted by molar-refractivity contribution is 0.198. The number of anilines is 8. The van der Waals surface area contributed by atoms with Gasteiger partial charge in [-0.05, 0) is 237 Å². The van der Waals surface area contributed by atoms with Gasteiger partial charge in [-0.1, -0.05) is 312 Å². The van der Waals surface area contributed by atoms with Crippen LogP contribution in [0.3, 0.4) is 0 Å². The molecule has 0 unspecified atom stereocenters. The van der Waals surface area contributed by atoms with Gasteiger partial charge < -0.3 is 29.9 Å². The third kappa shape index (κ3) is 21.0. The van der Waals surface area contributed by atoms with E-state index in [1.807, 2.05) is 125 Å². The molecule has 6 nitrogen and oxygen atoms in total. The second-order valence-electron chi connectivity index (χ2n) is 29.9. The number of fused-ring (bicyclic) bond motifs is 12. The first-order valence-electron chi connectivity index (χ1n) is 41.8. The third-order valence-electron chi connectivity index (χ3n) is 21.5. The van der Waals surface area contributed by atoms with Crippen molar-refractivity contribution in [2.24, 2.45) is 0 Å². The van der Waals surface area contributed by atoms with E-state index >= 15 is 0 Å². The van der Waals surface area contributed by atoms with Crippen molar-refractivity contribution < 1.29 is 14.8 Å². The van der Waals surface area contributed by atoms with Gasteiger partial charge in [-0.15, -0.1) is 45.3 Å². The number of nitrogens with one attached hydrogen (secondary N) is 1. The molecule has 22 aromatic rings. The minimum absolute atomic E-state index is 0.525.